The maximum Gasteiger partial charge on any atom is 0.227 e. The summed E-state index contributed by atoms with van der Waals surface area (Å²) in [6.45, 7) is 3.03. The molecule has 2 fully saturated rings. The molecule has 2 unspecified atom stereocenters. The van der Waals surface area contributed by atoms with Crippen molar-refractivity contribution in [2.75, 3.05) is 32.7 Å². The molecule has 1 aromatic rings. The van der Waals surface area contributed by atoms with Crippen LogP contribution in [0.25, 0.3) is 0 Å². The molecule has 0 bridgehead atoms. The lowest BCUT2D eigenvalue weighted by molar-refractivity contribution is -0.135. The van der Waals surface area contributed by atoms with E-state index in [0.29, 0.717) is 31.1 Å². The normalized spacial score (nSPS) is 26.9. The Labute approximate surface area is 155 Å². The molecule has 25 heavy (non-hydrogen) atoms. The van der Waals surface area contributed by atoms with Crippen molar-refractivity contribution in [1.29, 1.82) is 0 Å². The van der Waals surface area contributed by atoms with Gasteiger partial charge in [0.25, 0.3) is 0 Å². The van der Waals surface area contributed by atoms with Crippen LogP contribution in [-0.2, 0) is 16.1 Å². The maximum absolute atomic E-state index is 12.6. The summed E-state index contributed by atoms with van der Waals surface area (Å²) in [5.41, 5.74) is 0.938. The Morgan fingerprint density at radius 1 is 1.20 bits per heavy atom. The first-order valence-electron chi connectivity index (χ1n) is 8.67. The average molecular weight is 385 g/mol. The Hall–Kier alpha value is -0.990. The van der Waals surface area contributed by atoms with Gasteiger partial charge in [0.05, 0.1) is 5.92 Å². The predicted molar refractivity (Wildman–Crippen MR) is 96.6 cm³/mol. The van der Waals surface area contributed by atoms with Gasteiger partial charge in [-0.25, -0.2) is 4.31 Å². The fraction of sp³-hybridized carbons (Fsp3) is 0.588. The number of benzene rings is 1. The Morgan fingerprint density at radius 3 is 2.60 bits per heavy atom. The summed E-state index contributed by atoms with van der Waals surface area (Å²) in [6, 6.07) is 7.11. The summed E-state index contributed by atoms with van der Waals surface area (Å²) in [7, 11) is 0. The SMILES string of the molecule is O=C([C@H]1CCNC1)N1CCCC(c2ccc(Cl)cc2)N(S(=O)[O-])CC1. The molecule has 0 saturated carbocycles. The number of halogens is 1. The van der Waals surface area contributed by atoms with Crippen LogP contribution >= 0.6 is 11.6 Å². The molecule has 2 aliphatic rings. The van der Waals surface area contributed by atoms with Crippen LogP contribution in [-0.4, -0.2) is 56.6 Å². The number of rotatable bonds is 3. The lowest BCUT2D eigenvalue weighted by Crippen LogP contribution is -2.45. The molecule has 0 aromatic heterocycles. The molecule has 3 atom stereocenters. The topological polar surface area (TPSA) is 75.7 Å². The van der Waals surface area contributed by atoms with Crippen molar-refractivity contribution in [3.63, 3.8) is 0 Å². The van der Waals surface area contributed by atoms with Crippen molar-refractivity contribution < 1.29 is 13.6 Å². The van der Waals surface area contributed by atoms with Crippen molar-refractivity contribution in [3.8, 4) is 0 Å². The fourth-order valence-corrected chi connectivity index (χ4v) is 4.44. The Kier molecular flexibility index (Phi) is 6.46. The highest BCUT2D eigenvalue weighted by Gasteiger charge is 2.30. The summed E-state index contributed by atoms with van der Waals surface area (Å²) in [4.78, 5) is 14.5. The number of amides is 1. The summed E-state index contributed by atoms with van der Waals surface area (Å²) in [6.07, 6.45) is 2.31. The van der Waals surface area contributed by atoms with Crippen molar-refractivity contribution in [2.45, 2.75) is 25.3 Å². The molecule has 2 aliphatic heterocycles. The number of carbonyl (C=O) groups is 1. The van der Waals surface area contributed by atoms with Crippen LogP contribution in [0, 0.1) is 5.92 Å². The quantitative estimate of drug-likeness (QED) is 0.805. The summed E-state index contributed by atoms with van der Waals surface area (Å²) in [5, 5.41) is 3.84. The molecule has 2 heterocycles. The van der Waals surface area contributed by atoms with E-state index >= 15 is 0 Å². The van der Waals surface area contributed by atoms with E-state index in [1.54, 1.807) is 12.1 Å². The molecule has 1 aromatic carbocycles. The molecule has 3 rings (SSSR count). The van der Waals surface area contributed by atoms with Gasteiger partial charge in [0.2, 0.25) is 5.91 Å². The van der Waals surface area contributed by atoms with Gasteiger partial charge >= 0.3 is 0 Å². The minimum atomic E-state index is -2.34. The molecule has 1 N–H and O–H groups in total. The van der Waals surface area contributed by atoms with E-state index in [0.717, 1.165) is 31.5 Å². The third-order valence-corrected chi connectivity index (χ3v) is 6.08. The third-order valence-electron chi connectivity index (χ3n) is 5.01. The minimum absolute atomic E-state index is 0.0256. The molecular formula is C17H23ClN3O3S-. The lowest BCUT2D eigenvalue weighted by Gasteiger charge is -2.38. The molecule has 8 heteroatoms. The van der Waals surface area contributed by atoms with Gasteiger partial charge in [-0.1, -0.05) is 23.7 Å². The molecule has 0 radical (unpaired) electrons. The Morgan fingerprint density at radius 2 is 1.96 bits per heavy atom. The van der Waals surface area contributed by atoms with E-state index in [2.05, 4.69) is 5.32 Å². The zero-order chi connectivity index (χ0) is 17.8. The fourth-order valence-electron chi connectivity index (χ4n) is 3.65. The highest BCUT2D eigenvalue weighted by Crippen LogP contribution is 2.29. The van der Waals surface area contributed by atoms with Crippen molar-refractivity contribution >= 4 is 28.8 Å². The third kappa shape index (κ3) is 4.60. The van der Waals surface area contributed by atoms with Crippen LogP contribution in [0.1, 0.15) is 30.9 Å². The van der Waals surface area contributed by atoms with Gasteiger partial charge in [0.15, 0.2) is 0 Å². The molecule has 0 spiro atoms. The zero-order valence-corrected chi connectivity index (χ0v) is 15.6. The van der Waals surface area contributed by atoms with Crippen LogP contribution in [0.2, 0.25) is 5.02 Å². The van der Waals surface area contributed by atoms with Crippen LogP contribution in [0.3, 0.4) is 0 Å². The van der Waals surface area contributed by atoms with Crippen molar-refractivity contribution in [3.05, 3.63) is 34.9 Å². The molecule has 138 valence electrons. The molecule has 1 amide bonds. The van der Waals surface area contributed by atoms with Crippen molar-refractivity contribution in [1.82, 2.24) is 14.5 Å². The van der Waals surface area contributed by atoms with E-state index in [4.69, 9.17) is 11.6 Å². The second kappa shape index (κ2) is 8.60. The first-order chi connectivity index (χ1) is 12.1. The number of carbonyl (C=O) groups excluding carboxylic acids is 1. The van der Waals surface area contributed by atoms with E-state index in [1.807, 2.05) is 17.0 Å². The van der Waals surface area contributed by atoms with Gasteiger partial charge in [-0.15, -0.1) is 0 Å². The van der Waals surface area contributed by atoms with Crippen LogP contribution in [0.15, 0.2) is 24.3 Å². The van der Waals surface area contributed by atoms with Gasteiger partial charge in [0.1, 0.15) is 0 Å². The molecule has 0 aliphatic carbocycles. The van der Waals surface area contributed by atoms with Gasteiger partial charge < -0.3 is 14.8 Å². The first kappa shape index (κ1) is 18.8. The smallest absolute Gasteiger partial charge is 0.227 e. The van der Waals surface area contributed by atoms with E-state index < -0.39 is 11.3 Å². The van der Waals surface area contributed by atoms with E-state index in [-0.39, 0.29) is 17.9 Å². The second-order valence-corrected chi connectivity index (χ2v) is 7.92. The lowest BCUT2D eigenvalue weighted by atomic mass is 10.00. The first-order valence-corrected chi connectivity index (χ1v) is 10.1. The largest absolute Gasteiger partial charge is 0.760 e. The number of nitrogens with zero attached hydrogens (tertiary/aromatic N) is 2. The van der Waals surface area contributed by atoms with Gasteiger partial charge in [-0.2, -0.15) is 0 Å². The average Bonchev–Trinajstić information content (AvgIpc) is 3.10. The number of hydrogen-bond donors (Lipinski definition) is 1. The molecule has 2 saturated heterocycles. The van der Waals surface area contributed by atoms with Gasteiger partial charge in [-0.3, -0.25) is 9.00 Å². The summed E-state index contributed by atoms with van der Waals surface area (Å²) >= 11 is 3.60. The summed E-state index contributed by atoms with van der Waals surface area (Å²) in [5.74, 6) is 0.171. The van der Waals surface area contributed by atoms with Gasteiger partial charge in [0, 0.05) is 48.5 Å². The number of nitrogens with one attached hydrogen (secondary N) is 1. The van der Waals surface area contributed by atoms with Gasteiger partial charge in [-0.05, 0) is 43.5 Å². The monoisotopic (exact) mass is 384 g/mol. The van der Waals surface area contributed by atoms with Crippen LogP contribution in [0.4, 0.5) is 0 Å². The highest BCUT2D eigenvalue weighted by atomic mass is 35.5. The standard InChI is InChI=1S/C17H24ClN3O3S/c18-15-5-3-13(4-6-15)16-2-1-9-20(10-11-21(16)25(23)24)17(22)14-7-8-19-12-14/h3-6,14,16,19H,1-2,7-12H2,(H,23,24)/p-1/t14-,16?/m0/s1. The highest BCUT2D eigenvalue weighted by molar-refractivity contribution is 7.76. The maximum atomic E-state index is 12.6. The molecular weight excluding hydrogens is 362 g/mol. The van der Waals surface area contributed by atoms with E-state index in [9.17, 15) is 13.6 Å². The number of hydrogen-bond acceptors (Lipinski definition) is 4. The second-order valence-electron chi connectivity index (χ2n) is 6.58. The Bertz CT molecular complexity index is 622. The van der Waals surface area contributed by atoms with Crippen LogP contribution in [0.5, 0.6) is 0 Å². The summed E-state index contributed by atoms with van der Waals surface area (Å²) < 4.78 is 25.0. The predicted octanol–water partition coefficient (Wildman–Crippen LogP) is 1.71. The zero-order valence-electron chi connectivity index (χ0n) is 14.0. The minimum Gasteiger partial charge on any atom is -0.760 e. The molecule has 6 nitrogen and oxygen atoms in total. The van der Waals surface area contributed by atoms with Crippen LogP contribution < -0.4 is 5.32 Å². The Balaban J connectivity index is 1.72. The van der Waals surface area contributed by atoms with Crippen molar-refractivity contribution in [2.24, 2.45) is 5.92 Å². The van der Waals surface area contributed by atoms with E-state index in [1.165, 1.54) is 4.31 Å².